The normalized spacial score (nSPS) is 11.3. The first kappa shape index (κ1) is 20.9. The average Bonchev–Trinajstić information content (AvgIpc) is 2.66. The number of hydrogen-bond donors (Lipinski definition) is 1. The molecule has 0 saturated carbocycles. The molecule has 0 heterocycles. The number of benzene rings is 2. The summed E-state index contributed by atoms with van der Waals surface area (Å²) in [5, 5.41) is 0. The predicted molar refractivity (Wildman–Crippen MR) is 104 cm³/mol. The summed E-state index contributed by atoms with van der Waals surface area (Å²) in [6, 6.07) is 11.0. The first-order valence-electron chi connectivity index (χ1n) is 8.21. The summed E-state index contributed by atoms with van der Waals surface area (Å²) in [5.41, 5.74) is 1.74. The van der Waals surface area contributed by atoms with Crippen molar-refractivity contribution in [3.8, 4) is 23.0 Å². The van der Waals surface area contributed by atoms with E-state index in [1.807, 2.05) is 24.3 Å². The zero-order chi connectivity index (χ0) is 20.0. The minimum Gasteiger partial charge on any atom is -0.493 e. The van der Waals surface area contributed by atoms with Crippen LogP contribution in [0.25, 0.3) is 0 Å². The molecule has 2 rings (SSSR count). The predicted octanol–water partition coefficient (Wildman–Crippen LogP) is 2.40. The molecule has 0 aliphatic heterocycles. The molecule has 0 saturated heterocycles. The highest BCUT2D eigenvalue weighted by Gasteiger charge is 2.20. The number of methoxy groups -OCH3 is 4. The van der Waals surface area contributed by atoms with Gasteiger partial charge in [-0.25, -0.2) is 13.1 Å². The summed E-state index contributed by atoms with van der Waals surface area (Å²) in [6.45, 7) is 0.184. The maximum Gasteiger partial charge on any atom is 0.208 e. The van der Waals surface area contributed by atoms with E-state index < -0.39 is 10.0 Å². The summed E-state index contributed by atoms with van der Waals surface area (Å²) in [5.74, 6) is 2.07. The summed E-state index contributed by atoms with van der Waals surface area (Å²) < 4.78 is 47.2. The molecule has 2 aromatic rings. The van der Waals surface area contributed by atoms with Crippen molar-refractivity contribution in [1.82, 2.24) is 4.72 Å². The van der Waals surface area contributed by atoms with Gasteiger partial charge >= 0.3 is 0 Å². The van der Waals surface area contributed by atoms with Crippen molar-refractivity contribution in [2.75, 3.05) is 41.2 Å². The van der Waals surface area contributed by atoms with Crippen LogP contribution in [0.1, 0.15) is 17.0 Å². The Hall–Kier alpha value is -2.45. The minimum atomic E-state index is -3.35. The molecule has 0 radical (unpaired) electrons. The lowest BCUT2D eigenvalue weighted by Gasteiger charge is -2.21. The zero-order valence-corrected chi connectivity index (χ0v) is 16.9. The van der Waals surface area contributed by atoms with Gasteiger partial charge in [0, 0.05) is 12.5 Å². The molecular formula is C19H25NO6S. The van der Waals surface area contributed by atoms with Gasteiger partial charge in [-0.05, 0) is 35.4 Å². The largest absolute Gasteiger partial charge is 0.493 e. The van der Waals surface area contributed by atoms with Gasteiger partial charge in [-0.3, -0.25) is 0 Å². The van der Waals surface area contributed by atoms with Crippen molar-refractivity contribution in [3.05, 3.63) is 47.5 Å². The Labute approximate surface area is 160 Å². The van der Waals surface area contributed by atoms with Crippen LogP contribution in [0.2, 0.25) is 0 Å². The molecule has 0 aromatic heterocycles. The van der Waals surface area contributed by atoms with Gasteiger partial charge in [-0.2, -0.15) is 0 Å². The van der Waals surface area contributed by atoms with Crippen LogP contribution in [-0.2, 0) is 10.0 Å². The van der Waals surface area contributed by atoms with Crippen molar-refractivity contribution in [2.24, 2.45) is 0 Å². The third-order valence-corrected chi connectivity index (χ3v) is 4.86. The van der Waals surface area contributed by atoms with Crippen molar-refractivity contribution in [2.45, 2.75) is 5.92 Å². The Kier molecular flexibility index (Phi) is 6.92. The Morgan fingerprint density at radius 2 is 1.19 bits per heavy atom. The van der Waals surface area contributed by atoms with Gasteiger partial charge in [0.2, 0.25) is 10.0 Å². The van der Waals surface area contributed by atoms with E-state index in [1.54, 1.807) is 40.6 Å². The second kappa shape index (κ2) is 8.96. The molecule has 148 valence electrons. The highest BCUT2D eigenvalue weighted by molar-refractivity contribution is 7.88. The Bertz CT molecular complexity index is 826. The lowest BCUT2D eigenvalue weighted by atomic mass is 9.91. The second-order valence-electron chi connectivity index (χ2n) is 5.90. The summed E-state index contributed by atoms with van der Waals surface area (Å²) in [4.78, 5) is 0. The fraction of sp³-hybridized carbons (Fsp3) is 0.368. The highest BCUT2D eigenvalue weighted by Crippen LogP contribution is 2.36. The SMILES string of the molecule is COc1ccc(C(CNS(C)(=O)=O)c2ccc(OC)c(OC)c2)cc1OC. The molecule has 0 fully saturated rings. The minimum absolute atomic E-state index is 0.184. The number of hydrogen-bond acceptors (Lipinski definition) is 6. The van der Waals surface area contributed by atoms with E-state index in [9.17, 15) is 8.42 Å². The summed E-state index contributed by atoms with van der Waals surface area (Å²) in [7, 11) is 2.89. The van der Waals surface area contributed by atoms with Gasteiger partial charge < -0.3 is 18.9 Å². The number of nitrogens with one attached hydrogen (secondary N) is 1. The Morgan fingerprint density at radius 1 is 0.778 bits per heavy atom. The van der Waals surface area contributed by atoms with Gasteiger partial charge in [0.25, 0.3) is 0 Å². The molecule has 0 amide bonds. The first-order valence-corrected chi connectivity index (χ1v) is 10.1. The van der Waals surface area contributed by atoms with E-state index >= 15 is 0 Å². The molecule has 0 atom stereocenters. The van der Waals surface area contributed by atoms with Gasteiger partial charge in [-0.1, -0.05) is 12.1 Å². The van der Waals surface area contributed by atoms with Crippen molar-refractivity contribution >= 4 is 10.0 Å². The summed E-state index contributed by atoms with van der Waals surface area (Å²) in [6.07, 6.45) is 1.13. The third kappa shape index (κ3) is 5.27. The summed E-state index contributed by atoms with van der Waals surface area (Å²) >= 11 is 0. The topological polar surface area (TPSA) is 83.1 Å². The number of sulfonamides is 1. The fourth-order valence-electron chi connectivity index (χ4n) is 2.80. The van der Waals surface area contributed by atoms with Crippen molar-refractivity contribution < 1.29 is 27.4 Å². The molecule has 8 heteroatoms. The lowest BCUT2D eigenvalue weighted by molar-refractivity contribution is 0.353. The van der Waals surface area contributed by atoms with Gasteiger partial charge in [-0.15, -0.1) is 0 Å². The van der Waals surface area contributed by atoms with E-state index in [-0.39, 0.29) is 12.5 Å². The third-order valence-electron chi connectivity index (χ3n) is 4.17. The second-order valence-corrected chi connectivity index (χ2v) is 7.74. The smallest absolute Gasteiger partial charge is 0.208 e. The molecule has 0 aliphatic carbocycles. The van der Waals surface area contributed by atoms with E-state index in [0.29, 0.717) is 23.0 Å². The van der Waals surface area contributed by atoms with Crippen molar-refractivity contribution in [1.29, 1.82) is 0 Å². The van der Waals surface area contributed by atoms with Crippen LogP contribution < -0.4 is 23.7 Å². The Morgan fingerprint density at radius 3 is 1.52 bits per heavy atom. The molecular weight excluding hydrogens is 370 g/mol. The maximum atomic E-state index is 11.6. The van der Waals surface area contributed by atoms with Crippen molar-refractivity contribution in [3.63, 3.8) is 0 Å². The number of ether oxygens (including phenoxy) is 4. The van der Waals surface area contributed by atoms with E-state index in [2.05, 4.69) is 4.72 Å². The average molecular weight is 395 g/mol. The zero-order valence-electron chi connectivity index (χ0n) is 16.1. The standard InChI is InChI=1S/C19H25NO6S/c1-23-16-8-6-13(10-18(16)25-3)15(12-20-27(5,21)22)14-7-9-17(24-2)19(11-14)26-4/h6-11,15,20H,12H2,1-5H3. The Balaban J connectivity index is 2.51. The van der Waals surface area contributed by atoms with Gasteiger partial charge in [0.15, 0.2) is 23.0 Å². The van der Waals surface area contributed by atoms with Crippen LogP contribution in [-0.4, -0.2) is 49.7 Å². The van der Waals surface area contributed by atoms with Crippen LogP contribution in [0, 0.1) is 0 Å². The highest BCUT2D eigenvalue weighted by atomic mass is 32.2. The van der Waals surface area contributed by atoms with E-state index in [4.69, 9.17) is 18.9 Å². The maximum absolute atomic E-state index is 11.6. The monoisotopic (exact) mass is 395 g/mol. The molecule has 0 spiro atoms. The molecule has 2 aromatic carbocycles. The molecule has 1 N–H and O–H groups in total. The lowest BCUT2D eigenvalue weighted by Crippen LogP contribution is -2.28. The van der Waals surface area contributed by atoms with E-state index in [0.717, 1.165) is 17.4 Å². The van der Waals surface area contributed by atoms with E-state index in [1.165, 1.54) is 0 Å². The van der Waals surface area contributed by atoms with Crippen LogP contribution in [0.4, 0.5) is 0 Å². The number of rotatable bonds is 9. The first-order chi connectivity index (χ1) is 12.8. The van der Waals surface area contributed by atoms with Gasteiger partial charge in [0.05, 0.1) is 34.7 Å². The fourth-order valence-corrected chi connectivity index (χ4v) is 3.27. The van der Waals surface area contributed by atoms with Crippen LogP contribution in [0.5, 0.6) is 23.0 Å². The quantitative estimate of drug-likeness (QED) is 0.702. The molecule has 0 aliphatic rings. The van der Waals surface area contributed by atoms with Crippen LogP contribution in [0.15, 0.2) is 36.4 Å². The molecule has 0 unspecified atom stereocenters. The van der Waals surface area contributed by atoms with Crippen LogP contribution >= 0.6 is 0 Å². The van der Waals surface area contributed by atoms with Crippen LogP contribution in [0.3, 0.4) is 0 Å². The van der Waals surface area contributed by atoms with Gasteiger partial charge in [0.1, 0.15) is 0 Å². The molecule has 0 bridgehead atoms. The molecule has 27 heavy (non-hydrogen) atoms. The molecule has 7 nitrogen and oxygen atoms in total.